The Morgan fingerprint density at radius 3 is 0.500 bits per heavy atom. The van der Waals surface area contributed by atoms with Gasteiger partial charge in [-0.3, -0.25) is 19.2 Å². The Bertz CT molecular complexity index is 2540. The maximum absolute atomic E-state index is 12.5. The predicted molar refractivity (Wildman–Crippen MR) is 506 cm³/mol. The van der Waals surface area contributed by atoms with E-state index in [1.54, 1.807) is 48.5 Å². The van der Waals surface area contributed by atoms with Gasteiger partial charge < -0.3 is 37.9 Å². The monoisotopic (exact) mass is 1720 g/mol. The lowest BCUT2D eigenvalue weighted by Gasteiger charge is -2.10. The van der Waals surface area contributed by atoms with Crippen LogP contribution in [0.15, 0.2) is 48.5 Å². The number of hydrogen-bond acceptors (Lipinski definition) is 16. The molecule has 0 heterocycles. The van der Waals surface area contributed by atoms with E-state index in [-0.39, 0.29) is 23.9 Å². The van der Waals surface area contributed by atoms with Crippen molar-refractivity contribution in [3.05, 3.63) is 70.8 Å². The third-order valence-electron chi connectivity index (χ3n) is 21.9. The Morgan fingerprint density at radius 2 is 0.328 bits per heavy atom. The van der Waals surface area contributed by atoms with Gasteiger partial charge in [-0.1, -0.05) is 403 Å². The third-order valence-corrected chi connectivity index (χ3v) is 21.9. The highest BCUT2D eigenvalue weighted by atomic mass is 16.6. The van der Waals surface area contributed by atoms with Gasteiger partial charge in [-0.15, -0.1) is 0 Å². The van der Waals surface area contributed by atoms with Gasteiger partial charge in [0.1, 0.15) is 0 Å². The third kappa shape index (κ3) is 83.7. The number of carbonyl (C=O) groups is 8. The second-order valence-electron chi connectivity index (χ2n) is 35.9. The van der Waals surface area contributed by atoms with Crippen molar-refractivity contribution in [1.29, 1.82) is 0 Å². The second kappa shape index (κ2) is 91.4. The largest absolute Gasteiger partial charge is 0.466 e. The molecule has 2 aromatic rings. The number of rotatable bonds is 80. The zero-order chi connectivity index (χ0) is 90.0. The van der Waals surface area contributed by atoms with Crippen molar-refractivity contribution in [2.24, 2.45) is 23.7 Å². The molecule has 0 saturated heterocycles. The van der Waals surface area contributed by atoms with Crippen LogP contribution in [0.25, 0.3) is 0 Å². The van der Waals surface area contributed by atoms with Gasteiger partial charge in [0, 0.05) is 25.7 Å². The van der Waals surface area contributed by atoms with Crippen LogP contribution in [0.5, 0.6) is 0 Å². The molecule has 0 bridgehead atoms. The molecule has 2 aromatic carbocycles. The van der Waals surface area contributed by atoms with Crippen LogP contribution >= 0.6 is 0 Å². The van der Waals surface area contributed by atoms with Crippen molar-refractivity contribution in [1.82, 2.24) is 0 Å². The molecular formula is C106H188O16. The van der Waals surface area contributed by atoms with Gasteiger partial charge in [0.2, 0.25) is 0 Å². The maximum Gasteiger partial charge on any atom is 0.339 e. The average Bonchev–Trinajstić information content (AvgIpc) is 0.850. The van der Waals surface area contributed by atoms with Gasteiger partial charge in [-0.2, -0.15) is 0 Å². The number of ether oxygens (including phenoxy) is 8. The Kier molecular flexibility index (Phi) is 88.6. The highest BCUT2D eigenvalue weighted by Crippen LogP contribution is 2.21. The lowest BCUT2D eigenvalue weighted by atomic mass is 10.0. The molecule has 0 spiro atoms. The highest BCUT2D eigenvalue weighted by molar-refractivity contribution is 6.04. The molecule has 16 nitrogen and oxygen atoms in total. The van der Waals surface area contributed by atoms with Crippen LogP contribution in [0.2, 0.25) is 0 Å². The fourth-order valence-electron chi connectivity index (χ4n) is 14.1. The molecular weight excluding hydrogens is 1530 g/mol. The molecule has 0 radical (unpaired) electrons. The highest BCUT2D eigenvalue weighted by Gasteiger charge is 2.21. The molecule has 122 heavy (non-hydrogen) atoms. The molecule has 0 amide bonds. The van der Waals surface area contributed by atoms with Gasteiger partial charge in [0.25, 0.3) is 0 Å². The Hall–Kier alpha value is -5.80. The van der Waals surface area contributed by atoms with Crippen LogP contribution < -0.4 is 0 Å². The zero-order valence-corrected chi connectivity index (χ0v) is 81.0. The van der Waals surface area contributed by atoms with Gasteiger partial charge in [0.15, 0.2) is 0 Å². The van der Waals surface area contributed by atoms with Crippen molar-refractivity contribution < 1.29 is 76.3 Å². The minimum absolute atomic E-state index is 0.0571. The van der Waals surface area contributed by atoms with Crippen LogP contribution in [-0.4, -0.2) is 101 Å². The van der Waals surface area contributed by atoms with Crippen molar-refractivity contribution >= 4 is 47.8 Å². The van der Waals surface area contributed by atoms with Crippen molar-refractivity contribution in [3.63, 3.8) is 0 Å². The van der Waals surface area contributed by atoms with E-state index in [1.807, 2.05) is 0 Å². The number of carbonyl (C=O) groups excluding carboxylic acids is 8. The molecule has 0 N–H and O–H groups in total. The molecule has 0 aromatic heterocycles. The van der Waals surface area contributed by atoms with E-state index in [4.69, 9.17) is 37.9 Å². The number of hydrogen-bond donors (Lipinski definition) is 0. The number of esters is 8. The molecule has 0 saturated carbocycles. The van der Waals surface area contributed by atoms with E-state index >= 15 is 0 Å². The fraction of sp³-hybridized carbons (Fsp3) is 0.811. The summed E-state index contributed by atoms with van der Waals surface area (Å²) in [7, 11) is 0. The van der Waals surface area contributed by atoms with Crippen LogP contribution in [0, 0.1) is 23.7 Å². The molecule has 0 aliphatic heterocycles. The minimum Gasteiger partial charge on any atom is -0.466 e. The molecule has 2 rings (SSSR count). The first kappa shape index (κ1) is 118. The van der Waals surface area contributed by atoms with Crippen LogP contribution in [0.4, 0.5) is 0 Å². The molecule has 0 aliphatic carbocycles. The minimum atomic E-state index is -0.444. The lowest BCUT2D eigenvalue weighted by Crippen LogP contribution is -2.15. The number of benzene rings is 2. The van der Waals surface area contributed by atoms with E-state index in [2.05, 4.69) is 83.1 Å². The van der Waals surface area contributed by atoms with Crippen LogP contribution in [0.3, 0.4) is 0 Å². The Morgan fingerprint density at radius 1 is 0.189 bits per heavy atom. The molecule has 16 heteroatoms. The summed E-state index contributed by atoms with van der Waals surface area (Å²) in [5, 5.41) is 0. The standard InChI is InChI=1S/C29H56O4.C28H46O4.C25H48O4.C24H38O4/c1-26(2)20-14-8-6-12-18-24-32-28(30)22-16-10-5-11-17-23-29(31)33-25-19-13-7-9-15-21-27(3)4;1-3-5-7-9-11-13-15-19-23-31-27(29)25-21-17-18-22-26(25)28(30)32-24-20-16-14-12-10-8-6-4-2;1-22(2)16-10-8-14-20-28-24(26)18-12-6-5-7-13-19-25(27)29-21-15-9-11-17-23(3)4;1-3-5-7-9-11-15-19-27-23(25)21-17-13-14-18-22(21)24(26)28-20-16-12-10-8-6-4-2/h26-27H,5-25H2,1-4H3;17-18,21-22H,3-16,19-20,23-24H2,1-2H3;22-23H,5-21H2,1-4H3;13-14,17-18H,3-12,15-16,19-20H2,1-2H3. The first-order valence-electron chi connectivity index (χ1n) is 50.7. The van der Waals surface area contributed by atoms with E-state index < -0.39 is 23.9 Å². The predicted octanol–water partition coefficient (Wildman–Crippen LogP) is 31.0. The first-order chi connectivity index (χ1) is 59.2. The zero-order valence-electron chi connectivity index (χ0n) is 81.0. The summed E-state index contributed by atoms with van der Waals surface area (Å²) in [4.78, 5) is 96.5. The normalized spacial score (nSPS) is 11.0. The summed E-state index contributed by atoms with van der Waals surface area (Å²) in [5.74, 6) is 1.11. The molecule has 0 aliphatic rings. The second-order valence-corrected chi connectivity index (χ2v) is 35.9. The SMILES string of the molecule is CC(C)CCCCCCCOC(=O)CCCCCCCC(=O)OCCCCCCCC(C)C.CC(C)CCCCCOC(=O)CCCCCCCC(=O)OCCCCCC(C)C.CCCCCCCCCCOC(=O)c1ccccc1C(=O)OCCCCCCCCCC.CCCCCCCCOC(=O)c1ccccc1C(=O)OCCCCCCCC. The van der Waals surface area contributed by atoms with Gasteiger partial charge in [-0.25, -0.2) is 19.2 Å². The van der Waals surface area contributed by atoms with E-state index in [1.165, 1.54) is 205 Å². The lowest BCUT2D eigenvalue weighted by molar-refractivity contribution is -0.145. The summed E-state index contributed by atoms with van der Waals surface area (Å²) in [6, 6.07) is 13.5. The summed E-state index contributed by atoms with van der Waals surface area (Å²) in [6.45, 7) is 30.7. The summed E-state index contributed by atoms with van der Waals surface area (Å²) in [5.41, 5.74) is 1.18. The van der Waals surface area contributed by atoms with Crippen molar-refractivity contribution in [2.45, 2.75) is 481 Å². The topological polar surface area (TPSA) is 210 Å². The Labute approximate surface area is 748 Å². The van der Waals surface area contributed by atoms with E-state index in [0.717, 1.165) is 191 Å². The van der Waals surface area contributed by atoms with Crippen molar-refractivity contribution in [2.75, 3.05) is 52.9 Å². The smallest absolute Gasteiger partial charge is 0.339 e. The molecule has 708 valence electrons. The Balaban J connectivity index is 0. The van der Waals surface area contributed by atoms with Gasteiger partial charge in [-0.05, 0) is 125 Å². The first-order valence-corrected chi connectivity index (χ1v) is 50.7. The van der Waals surface area contributed by atoms with E-state index in [0.29, 0.717) is 101 Å². The van der Waals surface area contributed by atoms with Gasteiger partial charge >= 0.3 is 47.8 Å². The van der Waals surface area contributed by atoms with Crippen LogP contribution in [0.1, 0.15) is 523 Å². The summed E-state index contributed by atoms with van der Waals surface area (Å²) in [6.07, 6.45) is 68.4. The quantitative estimate of drug-likeness (QED) is 0.0342. The molecule has 0 atom stereocenters. The van der Waals surface area contributed by atoms with Crippen LogP contribution in [-0.2, 0) is 57.1 Å². The van der Waals surface area contributed by atoms with Gasteiger partial charge in [0.05, 0.1) is 75.1 Å². The summed E-state index contributed by atoms with van der Waals surface area (Å²) < 4.78 is 42.8. The fourth-order valence-corrected chi connectivity index (χ4v) is 14.1. The van der Waals surface area contributed by atoms with E-state index in [9.17, 15) is 38.4 Å². The number of unbranched alkanes of at least 4 members (excludes halogenated alkanes) is 44. The average molecular weight is 1720 g/mol. The molecule has 0 unspecified atom stereocenters. The molecule has 0 fully saturated rings. The van der Waals surface area contributed by atoms with Crippen molar-refractivity contribution in [3.8, 4) is 0 Å². The summed E-state index contributed by atoms with van der Waals surface area (Å²) >= 11 is 0. The maximum atomic E-state index is 12.5.